The van der Waals surface area contributed by atoms with Gasteiger partial charge in [-0.25, -0.2) is 14.5 Å². The van der Waals surface area contributed by atoms with Gasteiger partial charge in [0.2, 0.25) is 0 Å². The van der Waals surface area contributed by atoms with E-state index in [0.717, 1.165) is 32.6 Å². The Morgan fingerprint density at radius 2 is 1.79 bits per heavy atom. The van der Waals surface area contributed by atoms with E-state index in [1.165, 1.54) is 24.0 Å². The van der Waals surface area contributed by atoms with Gasteiger partial charge in [-0.05, 0) is 48.4 Å². The zero-order valence-electron chi connectivity index (χ0n) is 22.8. The van der Waals surface area contributed by atoms with Crippen molar-refractivity contribution in [3.63, 3.8) is 0 Å². The minimum Gasteiger partial charge on any atom is -0.497 e. The molecular weight excluding hydrogens is 540 g/mol. The van der Waals surface area contributed by atoms with Gasteiger partial charge in [0.1, 0.15) is 17.8 Å². The Bertz CT molecular complexity index is 1750. The van der Waals surface area contributed by atoms with Crippen molar-refractivity contribution in [3.05, 3.63) is 95.2 Å². The second kappa shape index (κ2) is 10.3. The van der Waals surface area contributed by atoms with Gasteiger partial charge < -0.3 is 25.3 Å². The fourth-order valence-electron chi connectivity index (χ4n) is 5.92. The number of methoxy groups -OCH3 is 1. The molecule has 11 heteroatoms. The molecule has 0 radical (unpaired) electrons. The van der Waals surface area contributed by atoms with Crippen LogP contribution in [0.4, 0.5) is 10.5 Å². The number of benzene rings is 3. The molecule has 4 amide bonds. The molecule has 1 saturated heterocycles. The van der Waals surface area contributed by atoms with Crippen molar-refractivity contribution in [2.75, 3.05) is 12.0 Å². The number of para-hydroxylation sites is 2. The molecular formula is C31H28N4O7. The number of nitrogens with zero attached hydrogens (tertiary/aromatic N) is 2. The van der Waals surface area contributed by atoms with Gasteiger partial charge in [0.15, 0.2) is 6.04 Å². The van der Waals surface area contributed by atoms with Crippen molar-refractivity contribution >= 4 is 40.4 Å². The Kier molecular flexibility index (Phi) is 6.66. The summed E-state index contributed by atoms with van der Waals surface area (Å²) in [5.74, 6) is -2.18. The monoisotopic (exact) mass is 568 g/mol. The number of aromatic nitrogens is 1. The zero-order chi connectivity index (χ0) is 29.7. The summed E-state index contributed by atoms with van der Waals surface area (Å²) in [6.45, 7) is 1.24. The third-order valence-electron chi connectivity index (χ3n) is 7.88. The van der Waals surface area contributed by atoms with Crippen LogP contribution in [0.3, 0.4) is 0 Å². The molecule has 4 aromatic rings. The summed E-state index contributed by atoms with van der Waals surface area (Å²) in [5.41, 5.74) is 3.29. The van der Waals surface area contributed by atoms with Gasteiger partial charge in [-0.2, -0.15) is 0 Å². The lowest BCUT2D eigenvalue weighted by atomic mass is 9.89. The van der Waals surface area contributed by atoms with Gasteiger partial charge in [0.05, 0.1) is 24.5 Å². The average Bonchev–Trinajstić information content (AvgIpc) is 3.48. The van der Waals surface area contributed by atoms with Crippen LogP contribution in [0.5, 0.6) is 5.75 Å². The van der Waals surface area contributed by atoms with E-state index in [0.29, 0.717) is 5.75 Å². The Balaban J connectivity index is 1.45. The predicted octanol–water partition coefficient (Wildman–Crippen LogP) is 3.22. The number of carbonyl (C=O) groups is 4. The van der Waals surface area contributed by atoms with Gasteiger partial charge in [-0.15, -0.1) is 0 Å². The Morgan fingerprint density at radius 1 is 1.05 bits per heavy atom. The maximum atomic E-state index is 14.2. The first kappa shape index (κ1) is 27.0. The van der Waals surface area contributed by atoms with Gasteiger partial charge in [0.25, 0.3) is 11.8 Å². The Morgan fingerprint density at radius 3 is 2.52 bits per heavy atom. The van der Waals surface area contributed by atoms with E-state index < -0.39 is 48.0 Å². The number of carboxylic acid groups (broad SMARTS) is 1. The SMILES string of the molecule is COc1cccc([C@H]2c3[nH]c4ccccc4c3C[C@H]3C(=O)N(c4ccccc4C(=O)N[C@@H](C(=O)O)[C@@H](C)O)C(=O)N23)c1. The van der Waals surface area contributed by atoms with Crippen LogP contribution >= 0.6 is 0 Å². The molecule has 4 N–H and O–H groups in total. The van der Waals surface area contributed by atoms with E-state index in [2.05, 4.69) is 10.3 Å². The standard InChI is InChI=1S/C31H28N4O7/c1-16(36)25(30(39)40)33-28(37)20-11-4-6-13-23(20)35-29(38)24-15-21-19-10-3-5-12-22(19)32-26(21)27(34(24)31(35)41)17-8-7-9-18(14-17)42-2/h3-14,16,24-25,27,32,36H,15H2,1-2H3,(H,33,37)(H,39,40)/t16-,24+,25-,27+/m1/s1. The fraction of sp³-hybridized carbons (Fsp3) is 0.226. The third kappa shape index (κ3) is 4.25. The van der Waals surface area contributed by atoms with Crippen LogP contribution < -0.4 is 15.0 Å². The molecule has 214 valence electrons. The first-order valence-corrected chi connectivity index (χ1v) is 13.4. The van der Waals surface area contributed by atoms with E-state index in [4.69, 9.17) is 4.74 Å². The number of H-pyrrole nitrogens is 1. The smallest absolute Gasteiger partial charge is 0.332 e. The zero-order valence-corrected chi connectivity index (χ0v) is 22.8. The second-order valence-corrected chi connectivity index (χ2v) is 10.4. The number of fused-ring (bicyclic) bond motifs is 4. The number of amides is 4. The van der Waals surface area contributed by atoms with E-state index in [9.17, 15) is 29.4 Å². The molecule has 0 bridgehead atoms. The number of carboxylic acids is 1. The van der Waals surface area contributed by atoms with Crippen molar-refractivity contribution in [1.82, 2.24) is 15.2 Å². The van der Waals surface area contributed by atoms with Gasteiger partial charge >= 0.3 is 12.0 Å². The number of nitrogens with one attached hydrogen (secondary N) is 2. The highest BCUT2D eigenvalue weighted by atomic mass is 16.5. The molecule has 0 unspecified atom stereocenters. The van der Waals surface area contributed by atoms with Crippen LogP contribution in [0.15, 0.2) is 72.8 Å². The predicted molar refractivity (Wildman–Crippen MR) is 152 cm³/mol. The number of rotatable bonds is 7. The summed E-state index contributed by atoms with van der Waals surface area (Å²) in [5, 5.41) is 22.6. The summed E-state index contributed by atoms with van der Waals surface area (Å²) < 4.78 is 5.45. The first-order valence-electron chi connectivity index (χ1n) is 13.4. The topological polar surface area (TPSA) is 152 Å². The van der Waals surface area contributed by atoms with Crippen LogP contribution in [-0.2, 0) is 16.0 Å². The maximum absolute atomic E-state index is 14.2. The van der Waals surface area contributed by atoms with Crippen molar-refractivity contribution in [1.29, 1.82) is 0 Å². The van der Waals surface area contributed by atoms with E-state index in [1.54, 1.807) is 25.3 Å². The number of aliphatic hydroxyl groups is 1. The van der Waals surface area contributed by atoms with Crippen LogP contribution in [0.2, 0.25) is 0 Å². The number of carbonyl (C=O) groups excluding carboxylic acids is 3. The lowest BCUT2D eigenvalue weighted by molar-refractivity contribution is -0.141. The number of aromatic amines is 1. The highest BCUT2D eigenvalue weighted by Gasteiger charge is 2.53. The molecule has 3 aromatic carbocycles. The van der Waals surface area contributed by atoms with E-state index in [-0.39, 0.29) is 17.7 Å². The van der Waals surface area contributed by atoms with Crippen LogP contribution in [0.25, 0.3) is 10.9 Å². The molecule has 0 spiro atoms. The largest absolute Gasteiger partial charge is 0.497 e. The number of hydrogen-bond donors (Lipinski definition) is 4. The summed E-state index contributed by atoms with van der Waals surface area (Å²) in [6, 6.07) is 17.4. The normalized spacial score (nSPS) is 19.3. The molecule has 0 saturated carbocycles. The molecule has 4 atom stereocenters. The molecule has 1 fully saturated rings. The molecule has 2 aliphatic heterocycles. The minimum atomic E-state index is -1.59. The molecule has 42 heavy (non-hydrogen) atoms. The van der Waals surface area contributed by atoms with Crippen LogP contribution in [0, 0.1) is 0 Å². The van der Waals surface area contributed by atoms with Crippen molar-refractivity contribution in [3.8, 4) is 5.75 Å². The number of aliphatic hydroxyl groups excluding tert-OH is 1. The molecule has 0 aliphatic carbocycles. The Hall–Kier alpha value is -5.16. The van der Waals surface area contributed by atoms with E-state index in [1.807, 2.05) is 42.5 Å². The third-order valence-corrected chi connectivity index (χ3v) is 7.88. The summed E-state index contributed by atoms with van der Waals surface area (Å²) >= 11 is 0. The molecule has 3 heterocycles. The minimum absolute atomic E-state index is 0.0204. The van der Waals surface area contributed by atoms with Crippen molar-refractivity contribution in [2.45, 2.75) is 37.6 Å². The van der Waals surface area contributed by atoms with Crippen molar-refractivity contribution in [2.24, 2.45) is 0 Å². The number of urea groups is 1. The van der Waals surface area contributed by atoms with Gasteiger partial charge in [-0.3, -0.25) is 14.5 Å². The second-order valence-electron chi connectivity index (χ2n) is 10.4. The molecule has 2 aliphatic rings. The number of hydrogen-bond acceptors (Lipinski definition) is 6. The number of aliphatic carboxylic acids is 1. The quantitative estimate of drug-likeness (QED) is 0.250. The molecule has 11 nitrogen and oxygen atoms in total. The lowest BCUT2D eigenvalue weighted by Gasteiger charge is -2.36. The highest BCUT2D eigenvalue weighted by molar-refractivity contribution is 6.24. The summed E-state index contributed by atoms with van der Waals surface area (Å²) in [7, 11) is 1.55. The van der Waals surface area contributed by atoms with Crippen LogP contribution in [-0.4, -0.2) is 69.2 Å². The average molecular weight is 569 g/mol. The molecule has 1 aromatic heterocycles. The number of imide groups is 1. The summed E-state index contributed by atoms with van der Waals surface area (Å²) in [4.78, 5) is 59.2. The Labute approximate surface area is 240 Å². The van der Waals surface area contributed by atoms with E-state index >= 15 is 0 Å². The van der Waals surface area contributed by atoms with Gasteiger partial charge in [0, 0.05) is 23.0 Å². The first-order chi connectivity index (χ1) is 20.2. The number of anilines is 1. The fourth-order valence-corrected chi connectivity index (χ4v) is 5.92. The maximum Gasteiger partial charge on any atom is 0.332 e. The molecule has 6 rings (SSSR count). The number of ether oxygens (including phenoxy) is 1. The van der Waals surface area contributed by atoms with Crippen LogP contribution in [0.1, 0.15) is 40.1 Å². The van der Waals surface area contributed by atoms with Crippen molar-refractivity contribution < 1.29 is 34.1 Å². The highest BCUT2D eigenvalue weighted by Crippen LogP contribution is 2.45. The van der Waals surface area contributed by atoms with Gasteiger partial charge in [-0.1, -0.05) is 42.5 Å². The lowest BCUT2D eigenvalue weighted by Crippen LogP contribution is -2.48. The summed E-state index contributed by atoms with van der Waals surface area (Å²) in [6.07, 6.45) is -1.12.